The van der Waals surface area contributed by atoms with Gasteiger partial charge < -0.3 is 14.3 Å². The van der Waals surface area contributed by atoms with Crippen molar-refractivity contribution >= 4 is 29.3 Å². The first-order chi connectivity index (χ1) is 17.5. The molecule has 3 aromatic carbocycles. The molecule has 4 aromatic rings. The number of hydrogen-bond donors (Lipinski definition) is 1. The van der Waals surface area contributed by atoms with Gasteiger partial charge in [0.25, 0.3) is 5.91 Å². The van der Waals surface area contributed by atoms with Crippen molar-refractivity contribution in [1.29, 1.82) is 0 Å². The molecule has 0 atom stereocenters. The van der Waals surface area contributed by atoms with Gasteiger partial charge in [-0.15, -0.1) is 0 Å². The Balaban J connectivity index is 1.46. The van der Waals surface area contributed by atoms with Crippen LogP contribution in [0.15, 0.2) is 107 Å². The van der Waals surface area contributed by atoms with E-state index in [0.717, 1.165) is 16.8 Å². The minimum atomic E-state index is -0.368. The zero-order chi connectivity index (χ0) is 25.1. The number of aromatic hydroxyl groups is 1. The summed E-state index contributed by atoms with van der Waals surface area (Å²) in [6, 6.07) is 26.8. The third-order valence-electron chi connectivity index (χ3n) is 5.77. The number of amides is 1. The van der Waals surface area contributed by atoms with Crippen LogP contribution >= 0.6 is 0 Å². The van der Waals surface area contributed by atoms with Crippen molar-refractivity contribution in [3.63, 3.8) is 0 Å². The van der Waals surface area contributed by atoms with Crippen LogP contribution in [-0.4, -0.2) is 23.6 Å². The highest BCUT2D eigenvalue weighted by atomic mass is 16.5. The number of hydrogen-bond acceptors (Lipinski definition) is 5. The Kier molecular flexibility index (Phi) is 6.24. The average Bonchev–Trinajstić information content (AvgIpc) is 3.50. The standard InChI is InChI=1S/C30H23NO5/c1-2-35-30(34)22-10-8-21(9-11-22)28-17-16-26(36-28)18-23-19-27(20-6-4-3-5-7-20)31(29(23)33)24-12-14-25(32)15-13-24/h3-19,32H,2H2,1H3/b23-18-. The molecule has 6 nitrogen and oxygen atoms in total. The summed E-state index contributed by atoms with van der Waals surface area (Å²) >= 11 is 0. The van der Waals surface area contributed by atoms with Crippen LogP contribution in [0.2, 0.25) is 0 Å². The van der Waals surface area contributed by atoms with E-state index in [1.54, 1.807) is 72.5 Å². The zero-order valence-corrected chi connectivity index (χ0v) is 19.5. The molecule has 0 unspecified atom stereocenters. The number of ether oxygens (including phenoxy) is 1. The van der Waals surface area contributed by atoms with Gasteiger partial charge in [-0.1, -0.05) is 42.5 Å². The van der Waals surface area contributed by atoms with Gasteiger partial charge in [0.05, 0.1) is 17.9 Å². The van der Waals surface area contributed by atoms with E-state index < -0.39 is 0 Å². The number of phenols is 1. The lowest BCUT2D eigenvalue weighted by molar-refractivity contribution is -0.113. The largest absolute Gasteiger partial charge is 0.508 e. The molecule has 0 radical (unpaired) electrons. The number of rotatable bonds is 6. The summed E-state index contributed by atoms with van der Waals surface area (Å²) in [4.78, 5) is 27.0. The van der Waals surface area contributed by atoms with Crippen LogP contribution in [0.5, 0.6) is 5.75 Å². The molecule has 2 heterocycles. The fraction of sp³-hybridized carbons (Fsp3) is 0.0667. The van der Waals surface area contributed by atoms with Gasteiger partial charge in [0, 0.05) is 16.8 Å². The summed E-state index contributed by atoms with van der Waals surface area (Å²) in [6.45, 7) is 2.09. The molecule has 0 aliphatic carbocycles. The minimum Gasteiger partial charge on any atom is -0.508 e. The predicted molar refractivity (Wildman–Crippen MR) is 138 cm³/mol. The molecule has 0 spiro atoms. The topological polar surface area (TPSA) is 80.0 Å². The molecule has 1 amide bonds. The molecular weight excluding hydrogens is 454 g/mol. The maximum Gasteiger partial charge on any atom is 0.338 e. The maximum absolute atomic E-state index is 13.5. The number of nitrogens with zero attached hydrogens (tertiary/aromatic N) is 1. The number of benzene rings is 3. The van der Waals surface area contributed by atoms with Gasteiger partial charge in [-0.2, -0.15) is 0 Å². The highest BCUT2D eigenvalue weighted by molar-refractivity contribution is 6.23. The first-order valence-electron chi connectivity index (χ1n) is 11.5. The minimum absolute atomic E-state index is 0.129. The summed E-state index contributed by atoms with van der Waals surface area (Å²) in [5, 5.41) is 9.69. The van der Waals surface area contributed by atoms with E-state index >= 15 is 0 Å². The molecule has 1 aromatic heterocycles. The van der Waals surface area contributed by atoms with E-state index in [1.165, 1.54) is 0 Å². The smallest absolute Gasteiger partial charge is 0.338 e. The second-order valence-electron chi connectivity index (χ2n) is 8.15. The number of furan rings is 1. The molecule has 0 saturated carbocycles. The molecule has 1 aliphatic rings. The molecular formula is C30H23NO5. The van der Waals surface area contributed by atoms with E-state index in [-0.39, 0.29) is 17.6 Å². The number of carbonyl (C=O) groups excluding carboxylic acids is 2. The third-order valence-corrected chi connectivity index (χ3v) is 5.77. The first kappa shape index (κ1) is 22.9. The second kappa shape index (κ2) is 9.80. The van der Waals surface area contributed by atoms with Crippen LogP contribution in [0, 0.1) is 0 Å². The van der Waals surface area contributed by atoms with Crippen LogP contribution in [0.4, 0.5) is 5.69 Å². The molecule has 1 N–H and O–H groups in total. The van der Waals surface area contributed by atoms with Crippen molar-refractivity contribution in [1.82, 2.24) is 0 Å². The summed E-state index contributed by atoms with van der Waals surface area (Å²) in [7, 11) is 0. The number of anilines is 1. The predicted octanol–water partition coefficient (Wildman–Crippen LogP) is 6.30. The molecule has 178 valence electrons. The maximum atomic E-state index is 13.5. The van der Waals surface area contributed by atoms with Crippen LogP contribution < -0.4 is 4.90 Å². The highest BCUT2D eigenvalue weighted by Gasteiger charge is 2.30. The normalized spacial score (nSPS) is 14.2. The van der Waals surface area contributed by atoms with Gasteiger partial charge in [0.15, 0.2) is 0 Å². The molecule has 0 saturated heterocycles. The summed E-state index contributed by atoms with van der Waals surface area (Å²) in [5.41, 5.74) is 4.03. The highest BCUT2D eigenvalue weighted by Crippen LogP contribution is 2.36. The lowest BCUT2D eigenvalue weighted by atomic mass is 10.1. The van der Waals surface area contributed by atoms with Gasteiger partial charge in [0.2, 0.25) is 0 Å². The molecule has 36 heavy (non-hydrogen) atoms. The van der Waals surface area contributed by atoms with Gasteiger partial charge in [0.1, 0.15) is 17.3 Å². The quantitative estimate of drug-likeness (QED) is 0.260. The van der Waals surface area contributed by atoms with E-state index in [4.69, 9.17) is 9.15 Å². The van der Waals surface area contributed by atoms with Crippen molar-refractivity contribution in [2.24, 2.45) is 0 Å². The SMILES string of the molecule is CCOC(=O)c1ccc(-c2ccc(/C=C3/C=C(c4ccccc4)N(c4ccc(O)cc4)C3=O)o2)cc1. The lowest BCUT2D eigenvalue weighted by Gasteiger charge is -2.20. The lowest BCUT2D eigenvalue weighted by Crippen LogP contribution is -2.24. The molecule has 0 bridgehead atoms. The Morgan fingerprint density at radius 3 is 2.33 bits per heavy atom. The van der Waals surface area contributed by atoms with Crippen molar-refractivity contribution < 1.29 is 23.8 Å². The average molecular weight is 478 g/mol. The fourth-order valence-corrected chi connectivity index (χ4v) is 4.02. The zero-order valence-electron chi connectivity index (χ0n) is 19.5. The Morgan fingerprint density at radius 2 is 1.64 bits per heavy atom. The Morgan fingerprint density at radius 1 is 0.917 bits per heavy atom. The van der Waals surface area contributed by atoms with E-state index in [1.807, 2.05) is 42.5 Å². The third kappa shape index (κ3) is 4.57. The van der Waals surface area contributed by atoms with Crippen molar-refractivity contribution in [3.8, 4) is 17.1 Å². The fourth-order valence-electron chi connectivity index (χ4n) is 4.02. The van der Waals surface area contributed by atoms with E-state index in [2.05, 4.69) is 0 Å². The molecule has 0 fully saturated rings. The van der Waals surface area contributed by atoms with E-state index in [9.17, 15) is 14.7 Å². The van der Waals surface area contributed by atoms with Crippen molar-refractivity contribution in [3.05, 3.63) is 120 Å². The first-order valence-corrected chi connectivity index (χ1v) is 11.5. The number of esters is 1. The van der Waals surface area contributed by atoms with Crippen LogP contribution in [0.1, 0.15) is 28.6 Å². The Hall–Kier alpha value is -4.84. The van der Waals surface area contributed by atoms with Gasteiger partial charge in [-0.05, 0) is 73.2 Å². The Bertz CT molecular complexity index is 1460. The molecule has 1 aliphatic heterocycles. The monoisotopic (exact) mass is 477 g/mol. The second-order valence-corrected chi connectivity index (χ2v) is 8.15. The van der Waals surface area contributed by atoms with Gasteiger partial charge in [-0.3, -0.25) is 9.69 Å². The summed E-state index contributed by atoms with van der Waals surface area (Å²) in [6.07, 6.45) is 3.54. The number of phenolic OH excluding ortho intramolecular Hbond substituents is 1. The summed E-state index contributed by atoms with van der Waals surface area (Å²) in [5.74, 6) is 0.707. The van der Waals surface area contributed by atoms with Crippen LogP contribution in [0.25, 0.3) is 23.1 Å². The van der Waals surface area contributed by atoms with Crippen LogP contribution in [0.3, 0.4) is 0 Å². The van der Waals surface area contributed by atoms with E-state index in [0.29, 0.717) is 35.0 Å². The van der Waals surface area contributed by atoms with Crippen molar-refractivity contribution in [2.45, 2.75) is 6.92 Å². The Labute approximate surface area is 208 Å². The molecule has 5 rings (SSSR count). The van der Waals surface area contributed by atoms with Gasteiger partial charge in [-0.25, -0.2) is 4.79 Å². The van der Waals surface area contributed by atoms with Crippen molar-refractivity contribution in [2.75, 3.05) is 11.5 Å². The molecule has 6 heteroatoms. The number of carbonyl (C=O) groups is 2. The summed E-state index contributed by atoms with van der Waals surface area (Å²) < 4.78 is 11.0. The van der Waals surface area contributed by atoms with Gasteiger partial charge >= 0.3 is 5.97 Å². The van der Waals surface area contributed by atoms with Crippen LogP contribution in [-0.2, 0) is 9.53 Å².